The molecule has 3 heterocycles. The standard InChI is InChI=1S/C26H26ClN3/c1-17(19-7-5-11-28-14-19)26-25(23-9-2-3-10-24(23)30-26)21-12-20(15-29-16-21)18-6-4-8-22(27)13-18/h2-4,6,8-10,12-13,15-17,19,28,30H,5,7,11,14H2,1H3. The molecule has 4 heteroatoms. The zero-order valence-corrected chi connectivity index (χ0v) is 17.9. The number of piperidine rings is 1. The average molecular weight is 416 g/mol. The molecule has 2 aromatic heterocycles. The molecule has 2 unspecified atom stereocenters. The highest BCUT2D eigenvalue weighted by molar-refractivity contribution is 6.30. The Balaban J connectivity index is 1.64. The molecular formula is C26H26ClN3. The summed E-state index contributed by atoms with van der Waals surface area (Å²) in [6.07, 6.45) is 6.41. The highest BCUT2D eigenvalue weighted by Gasteiger charge is 2.26. The number of aromatic nitrogens is 2. The molecule has 1 aliphatic heterocycles. The Kier molecular flexibility index (Phi) is 5.32. The number of rotatable bonds is 4. The van der Waals surface area contributed by atoms with Gasteiger partial charge in [0.05, 0.1) is 0 Å². The van der Waals surface area contributed by atoms with Gasteiger partial charge in [0.15, 0.2) is 0 Å². The first-order valence-corrected chi connectivity index (χ1v) is 11.1. The third-order valence-corrected chi connectivity index (χ3v) is 6.65. The molecule has 0 saturated carbocycles. The Morgan fingerprint density at radius 3 is 2.70 bits per heavy atom. The number of hydrogen-bond acceptors (Lipinski definition) is 2. The summed E-state index contributed by atoms with van der Waals surface area (Å²) in [6, 6.07) is 18.8. The number of H-pyrrole nitrogens is 1. The van der Waals surface area contributed by atoms with Gasteiger partial charge >= 0.3 is 0 Å². The lowest BCUT2D eigenvalue weighted by molar-refractivity contribution is 0.332. The minimum atomic E-state index is 0.440. The quantitative estimate of drug-likeness (QED) is 0.391. The molecule has 30 heavy (non-hydrogen) atoms. The van der Waals surface area contributed by atoms with Gasteiger partial charge in [-0.25, -0.2) is 0 Å². The molecule has 5 rings (SSSR count). The van der Waals surface area contributed by atoms with Gasteiger partial charge in [0.2, 0.25) is 0 Å². The van der Waals surface area contributed by atoms with Gasteiger partial charge in [0.1, 0.15) is 0 Å². The van der Waals surface area contributed by atoms with Crippen molar-refractivity contribution in [2.45, 2.75) is 25.7 Å². The molecule has 3 nitrogen and oxygen atoms in total. The highest BCUT2D eigenvalue weighted by Crippen LogP contribution is 2.40. The van der Waals surface area contributed by atoms with Crippen molar-refractivity contribution in [2.24, 2.45) is 5.92 Å². The van der Waals surface area contributed by atoms with E-state index in [1.54, 1.807) is 0 Å². The lowest BCUT2D eigenvalue weighted by Gasteiger charge is -2.28. The summed E-state index contributed by atoms with van der Waals surface area (Å²) in [7, 11) is 0. The van der Waals surface area contributed by atoms with Gasteiger partial charge in [0.25, 0.3) is 0 Å². The van der Waals surface area contributed by atoms with Crippen molar-refractivity contribution in [2.75, 3.05) is 13.1 Å². The summed E-state index contributed by atoms with van der Waals surface area (Å²) in [5.74, 6) is 1.07. The lowest BCUT2D eigenvalue weighted by atomic mass is 9.83. The van der Waals surface area contributed by atoms with Crippen molar-refractivity contribution in [3.8, 4) is 22.3 Å². The molecule has 2 aromatic carbocycles. The second kappa shape index (κ2) is 8.25. The van der Waals surface area contributed by atoms with Crippen LogP contribution in [0.4, 0.5) is 0 Å². The van der Waals surface area contributed by atoms with E-state index in [1.807, 2.05) is 30.6 Å². The third-order valence-electron chi connectivity index (χ3n) is 6.42. The zero-order valence-electron chi connectivity index (χ0n) is 17.2. The lowest BCUT2D eigenvalue weighted by Crippen LogP contribution is -2.32. The van der Waals surface area contributed by atoms with Crippen molar-refractivity contribution in [1.29, 1.82) is 0 Å². The van der Waals surface area contributed by atoms with E-state index in [4.69, 9.17) is 11.6 Å². The van der Waals surface area contributed by atoms with Gasteiger partial charge in [-0.05, 0) is 61.7 Å². The first-order chi connectivity index (χ1) is 14.7. The molecule has 0 radical (unpaired) electrons. The number of aromatic amines is 1. The number of fused-ring (bicyclic) bond motifs is 1. The van der Waals surface area contributed by atoms with Crippen LogP contribution in [-0.4, -0.2) is 23.1 Å². The van der Waals surface area contributed by atoms with Gasteiger partial charge in [-0.1, -0.05) is 48.9 Å². The highest BCUT2D eigenvalue weighted by atomic mass is 35.5. The number of nitrogens with one attached hydrogen (secondary N) is 2. The van der Waals surface area contributed by atoms with E-state index in [-0.39, 0.29) is 0 Å². The van der Waals surface area contributed by atoms with Crippen LogP contribution in [-0.2, 0) is 0 Å². The van der Waals surface area contributed by atoms with Crippen LogP contribution < -0.4 is 5.32 Å². The van der Waals surface area contributed by atoms with E-state index < -0.39 is 0 Å². The molecular weight excluding hydrogens is 390 g/mol. The monoisotopic (exact) mass is 415 g/mol. The number of benzene rings is 2. The Labute approximate surface area is 182 Å². The summed E-state index contributed by atoms with van der Waals surface area (Å²) < 4.78 is 0. The molecule has 0 amide bonds. The third kappa shape index (κ3) is 3.64. The van der Waals surface area contributed by atoms with Crippen LogP contribution in [0.3, 0.4) is 0 Å². The van der Waals surface area contributed by atoms with E-state index in [0.29, 0.717) is 11.8 Å². The van der Waals surface area contributed by atoms with Gasteiger partial charge in [-0.2, -0.15) is 0 Å². The normalized spacial score (nSPS) is 17.9. The number of nitrogens with zero attached hydrogens (tertiary/aromatic N) is 1. The maximum absolute atomic E-state index is 6.23. The maximum Gasteiger partial charge on any atom is 0.0462 e. The minimum Gasteiger partial charge on any atom is -0.358 e. The fourth-order valence-electron chi connectivity index (χ4n) is 4.76. The molecule has 0 aliphatic carbocycles. The number of halogens is 1. The summed E-state index contributed by atoms with van der Waals surface area (Å²) in [5.41, 5.74) is 7.10. The zero-order chi connectivity index (χ0) is 20.5. The Morgan fingerprint density at radius 2 is 1.87 bits per heavy atom. The molecule has 0 bridgehead atoms. The van der Waals surface area contributed by atoms with Crippen molar-refractivity contribution in [1.82, 2.24) is 15.3 Å². The van der Waals surface area contributed by atoms with Crippen LogP contribution in [0.15, 0.2) is 67.0 Å². The first-order valence-electron chi connectivity index (χ1n) is 10.7. The topological polar surface area (TPSA) is 40.7 Å². The molecule has 2 N–H and O–H groups in total. The predicted octanol–water partition coefficient (Wildman–Crippen LogP) is 6.65. The number of pyridine rings is 1. The van der Waals surface area contributed by atoms with Gasteiger partial charge < -0.3 is 10.3 Å². The predicted molar refractivity (Wildman–Crippen MR) is 126 cm³/mol. The summed E-state index contributed by atoms with van der Waals surface area (Å²) >= 11 is 6.23. The van der Waals surface area contributed by atoms with Gasteiger partial charge in [-0.3, -0.25) is 4.98 Å². The fourth-order valence-corrected chi connectivity index (χ4v) is 4.95. The van der Waals surface area contributed by atoms with Crippen LogP contribution in [0.25, 0.3) is 33.2 Å². The molecule has 1 saturated heterocycles. The van der Waals surface area contributed by atoms with Crippen LogP contribution in [0, 0.1) is 5.92 Å². The second-order valence-electron chi connectivity index (χ2n) is 8.33. The summed E-state index contributed by atoms with van der Waals surface area (Å²) in [6.45, 7) is 4.57. The van der Waals surface area contributed by atoms with E-state index in [0.717, 1.165) is 34.8 Å². The Morgan fingerprint density at radius 1 is 1.00 bits per heavy atom. The van der Waals surface area contributed by atoms with E-state index in [1.165, 1.54) is 35.0 Å². The first kappa shape index (κ1) is 19.3. The maximum atomic E-state index is 6.23. The van der Waals surface area contributed by atoms with Crippen LogP contribution in [0.2, 0.25) is 5.02 Å². The molecule has 152 valence electrons. The average Bonchev–Trinajstić information content (AvgIpc) is 3.19. The van der Waals surface area contributed by atoms with E-state index >= 15 is 0 Å². The molecule has 2 atom stereocenters. The van der Waals surface area contributed by atoms with Crippen molar-refractivity contribution in [3.63, 3.8) is 0 Å². The van der Waals surface area contributed by atoms with Crippen LogP contribution >= 0.6 is 11.6 Å². The summed E-state index contributed by atoms with van der Waals surface area (Å²) in [4.78, 5) is 8.35. The van der Waals surface area contributed by atoms with Crippen molar-refractivity contribution < 1.29 is 0 Å². The molecule has 0 spiro atoms. The van der Waals surface area contributed by atoms with Crippen molar-refractivity contribution in [3.05, 3.63) is 77.7 Å². The number of para-hydroxylation sites is 1. The molecule has 4 aromatic rings. The van der Waals surface area contributed by atoms with E-state index in [9.17, 15) is 0 Å². The van der Waals surface area contributed by atoms with Gasteiger partial charge in [-0.15, -0.1) is 0 Å². The van der Waals surface area contributed by atoms with E-state index in [2.05, 4.69) is 58.6 Å². The second-order valence-corrected chi connectivity index (χ2v) is 8.76. The smallest absolute Gasteiger partial charge is 0.0462 e. The summed E-state index contributed by atoms with van der Waals surface area (Å²) in [5, 5.41) is 5.57. The van der Waals surface area contributed by atoms with Crippen LogP contribution in [0.1, 0.15) is 31.4 Å². The van der Waals surface area contributed by atoms with Crippen LogP contribution in [0.5, 0.6) is 0 Å². The number of hydrogen-bond donors (Lipinski definition) is 2. The Hall–Kier alpha value is -2.62. The largest absolute Gasteiger partial charge is 0.358 e. The SMILES string of the molecule is CC(c1[nH]c2ccccc2c1-c1cncc(-c2cccc(Cl)c2)c1)C1CCCNC1. The fraction of sp³-hybridized carbons (Fsp3) is 0.269. The minimum absolute atomic E-state index is 0.440. The van der Waals surface area contributed by atoms with Crippen molar-refractivity contribution >= 4 is 22.5 Å². The molecule has 1 aliphatic rings. The van der Waals surface area contributed by atoms with Gasteiger partial charge in [0, 0.05) is 56.6 Å². The Bertz CT molecular complexity index is 1170. The molecule has 1 fully saturated rings.